The predicted octanol–water partition coefficient (Wildman–Crippen LogP) is 13.8. The van der Waals surface area contributed by atoms with Gasteiger partial charge in [0.25, 0.3) is 0 Å². The highest BCUT2D eigenvalue weighted by atomic mass is 15.0. The molecule has 0 saturated carbocycles. The Hall–Kier alpha value is -11.0. The van der Waals surface area contributed by atoms with Crippen molar-refractivity contribution in [3.63, 3.8) is 0 Å². The van der Waals surface area contributed by atoms with Gasteiger partial charge in [-0.05, 0) is 120 Å². The minimum absolute atomic E-state index is 0.450. The van der Waals surface area contributed by atoms with Crippen LogP contribution in [0.25, 0.3) is 111 Å². The Kier molecular flexibility index (Phi) is 10.2. The second kappa shape index (κ2) is 17.3. The fraction of sp³-hybridized carbons (Fsp3) is 0. The van der Waals surface area contributed by atoms with Gasteiger partial charge in [-0.3, -0.25) is 0 Å². The van der Waals surface area contributed by atoms with Crippen LogP contribution < -0.4 is 0 Å². The van der Waals surface area contributed by atoms with Crippen molar-refractivity contribution >= 4 is 43.6 Å². The highest BCUT2D eigenvalue weighted by molar-refractivity contribution is 6.12. The summed E-state index contributed by atoms with van der Waals surface area (Å²) in [6, 6.07) is 73.5. The Labute approximate surface area is 412 Å². The topological polar surface area (TPSA) is 167 Å². The summed E-state index contributed by atoms with van der Waals surface area (Å²) in [5.74, 6) is 1.47. The van der Waals surface area contributed by atoms with Gasteiger partial charge in [-0.1, -0.05) is 84.9 Å². The third-order valence-corrected chi connectivity index (χ3v) is 13.1. The molecule has 9 aromatic carbocycles. The average molecular weight is 917 g/mol. The summed E-state index contributed by atoms with van der Waals surface area (Å²) in [7, 11) is 0. The lowest BCUT2D eigenvalue weighted by molar-refractivity contribution is 1.07. The Morgan fingerprint density at radius 1 is 0.278 bits per heavy atom. The number of nitrogens with zero attached hydrogens (tertiary/aromatic N) is 10. The van der Waals surface area contributed by atoms with E-state index in [1.807, 2.05) is 133 Å². The van der Waals surface area contributed by atoms with Crippen LogP contribution in [0.1, 0.15) is 27.8 Å². The van der Waals surface area contributed by atoms with Crippen molar-refractivity contribution in [3.05, 3.63) is 222 Å². The molecule has 0 aliphatic carbocycles. The number of benzene rings is 9. The molecule has 0 saturated heterocycles. The molecule has 0 aliphatic heterocycles. The number of rotatable bonds is 7. The van der Waals surface area contributed by atoms with Crippen LogP contribution in [0.2, 0.25) is 0 Å². The number of aromatic nitrogens is 5. The third kappa shape index (κ3) is 7.13. The summed E-state index contributed by atoms with van der Waals surface area (Å²) in [5, 5.41) is 53.7. The Bertz CT molecular complexity index is 4250. The molecule has 0 spiro atoms. The van der Waals surface area contributed by atoms with Crippen LogP contribution in [0.15, 0.2) is 194 Å². The highest BCUT2D eigenvalue weighted by Gasteiger charge is 2.24. The summed E-state index contributed by atoms with van der Waals surface area (Å²) in [6.07, 6.45) is 0. The quantitative estimate of drug-likeness (QED) is 0.152. The van der Waals surface area contributed by atoms with Crippen molar-refractivity contribution in [2.75, 3.05) is 0 Å². The smallest absolute Gasteiger partial charge is 0.164 e. The van der Waals surface area contributed by atoms with Crippen molar-refractivity contribution in [1.29, 1.82) is 26.3 Å². The predicted molar refractivity (Wildman–Crippen MR) is 279 cm³/mol. The molecular weight excluding hydrogens is 885 g/mol. The summed E-state index contributed by atoms with van der Waals surface area (Å²) >= 11 is 0. The summed E-state index contributed by atoms with van der Waals surface area (Å²) < 4.78 is 4.34. The standard InChI is InChI=1S/C62H32N10/c63-33-38-8-7-13-45(26-38)46-18-20-48(59(32-46)72-56-23-16-41(36-66)29-51(56)52-30-42(37-67)17-24-57(52)72)53-31-47(62-69-60(43-9-3-1-4-10-43)68-61(70-62)44-11-5-2-6-12-44)19-25-58(53)71-54-21-14-39(34-64)27-49(54)50-28-40(35-65)15-22-55(50)71/h1-32H. The van der Waals surface area contributed by atoms with E-state index in [0.717, 1.165) is 88.4 Å². The van der Waals surface area contributed by atoms with Crippen molar-refractivity contribution in [2.24, 2.45) is 0 Å². The first-order valence-corrected chi connectivity index (χ1v) is 22.9. The van der Waals surface area contributed by atoms with Gasteiger partial charge in [-0.25, -0.2) is 15.0 Å². The van der Waals surface area contributed by atoms with E-state index >= 15 is 0 Å². The molecule has 3 aromatic heterocycles. The zero-order valence-corrected chi connectivity index (χ0v) is 37.9. The molecule has 0 amide bonds. The van der Waals surface area contributed by atoms with Gasteiger partial charge in [0.2, 0.25) is 0 Å². The van der Waals surface area contributed by atoms with Crippen LogP contribution in [0.5, 0.6) is 0 Å². The second-order valence-corrected chi connectivity index (χ2v) is 17.2. The first-order chi connectivity index (χ1) is 35.4. The van der Waals surface area contributed by atoms with E-state index in [0.29, 0.717) is 50.9 Å². The van der Waals surface area contributed by atoms with Crippen molar-refractivity contribution in [3.8, 4) is 98.1 Å². The molecule has 0 radical (unpaired) electrons. The maximum Gasteiger partial charge on any atom is 0.164 e. The van der Waals surface area contributed by atoms with E-state index in [-0.39, 0.29) is 0 Å². The molecule has 0 fully saturated rings. The maximum absolute atomic E-state index is 10.1. The summed E-state index contributed by atoms with van der Waals surface area (Å²) in [5.41, 5.74) is 12.9. The van der Waals surface area contributed by atoms with Gasteiger partial charge >= 0.3 is 0 Å². The number of hydrogen-bond donors (Lipinski definition) is 0. The Morgan fingerprint density at radius 3 is 1.12 bits per heavy atom. The highest BCUT2D eigenvalue weighted by Crippen LogP contribution is 2.44. The lowest BCUT2D eigenvalue weighted by atomic mass is 9.94. The molecule has 0 aliphatic rings. The zero-order chi connectivity index (χ0) is 48.9. The molecule has 330 valence electrons. The van der Waals surface area contributed by atoms with Gasteiger partial charge in [0.05, 0.1) is 91.6 Å². The fourth-order valence-corrected chi connectivity index (χ4v) is 9.76. The Morgan fingerprint density at radius 2 is 0.667 bits per heavy atom. The maximum atomic E-state index is 10.1. The lowest BCUT2D eigenvalue weighted by Gasteiger charge is -2.21. The van der Waals surface area contributed by atoms with Crippen LogP contribution in [-0.2, 0) is 0 Å². The number of nitriles is 5. The molecule has 12 aromatic rings. The van der Waals surface area contributed by atoms with Gasteiger partial charge < -0.3 is 9.13 Å². The largest absolute Gasteiger partial charge is 0.309 e. The van der Waals surface area contributed by atoms with Gasteiger partial charge in [0.1, 0.15) is 0 Å². The van der Waals surface area contributed by atoms with Crippen LogP contribution in [0.3, 0.4) is 0 Å². The summed E-state index contributed by atoms with van der Waals surface area (Å²) in [4.78, 5) is 15.3. The number of hydrogen-bond acceptors (Lipinski definition) is 8. The van der Waals surface area contributed by atoms with Gasteiger partial charge in [-0.2, -0.15) is 26.3 Å². The first-order valence-electron chi connectivity index (χ1n) is 22.9. The zero-order valence-electron chi connectivity index (χ0n) is 37.9. The van der Waals surface area contributed by atoms with Crippen LogP contribution >= 0.6 is 0 Å². The average Bonchev–Trinajstić information content (AvgIpc) is 3.95. The van der Waals surface area contributed by atoms with E-state index in [2.05, 4.69) is 69.8 Å². The lowest BCUT2D eigenvalue weighted by Crippen LogP contribution is -2.04. The molecule has 10 heteroatoms. The minimum Gasteiger partial charge on any atom is -0.309 e. The molecular formula is C62H32N10. The van der Waals surface area contributed by atoms with Gasteiger partial charge in [-0.15, -0.1) is 0 Å². The molecule has 72 heavy (non-hydrogen) atoms. The van der Waals surface area contributed by atoms with Crippen molar-refractivity contribution in [1.82, 2.24) is 24.1 Å². The molecule has 10 nitrogen and oxygen atoms in total. The molecule has 0 bridgehead atoms. The number of fused-ring (bicyclic) bond motifs is 6. The first kappa shape index (κ1) is 42.4. The third-order valence-electron chi connectivity index (χ3n) is 13.1. The molecule has 0 unspecified atom stereocenters. The molecule has 0 N–H and O–H groups in total. The molecule has 0 atom stereocenters. The molecule has 12 rings (SSSR count). The van der Waals surface area contributed by atoms with E-state index < -0.39 is 0 Å². The van der Waals surface area contributed by atoms with Gasteiger partial charge in [0, 0.05) is 49.4 Å². The normalized spacial score (nSPS) is 11.0. The van der Waals surface area contributed by atoms with Crippen LogP contribution in [0, 0.1) is 56.7 Å². The monoisotopic (exact) mass is 916 g/mol. The Balaban J connectivity index is 1.22. The van der Waals surface area contributed by atoms with Crippen LogP contribution in [0.4, 0.5) is 0 Å². The van der Waals surface area contributed by atoms with Crippen LogP contribution in [-0.4, -0.2) is 24.1 Å². The molecule has 3 heterocycles. The minimum atomic E-state index is 0.450. The van der Waals surface area contributed by atoms with Crippen molar-refractivity contribution < 1.29 is 0 Å². The van der Waals surface area contributed by atoms with E-state index in [9.17, 15) is 26.3 Å². The summed E-state index contributed by atoms with van der Waals surface area (Å²) in [6.45, 7) is 0. The SMILES string of the molecule is N#Cc1cccc(-c2ccc(-c3cc(-c4nc(-c5ccccc5)nc(-c5ccccc5)n4)ccc3-n3c4ccc(C#N)cc4c4cc(C#N)ccc43)c(-n3c4ccc(C#N)cc4c4cc(C#N)ccc43)c2)c1. The fourth-order valence-electron chi connectivity index (χ4n) is 9.76. The van der Waals surface area contributed by atoms with Gasteiger partial charge in [0.15, 0.2) is 17.5 Å². The van der Waals surface area contributed by atoms with E-state index in [1.165, 1.54) is 0 Å². The van der Waals surface area contributed by atoms with Crippen molar-refractivity contribution in [2.45, 2.75) is 0 Å². The van der Waals surface area contributed by atoms with E-state index in [1.54, 1.807) is 30.3 Å². The second-order valence-electron chi connectivity index (χ2n) is 17.2. The van der Waals surface area contributed by atoms with E-state index in [4.69, 9.17) is 15.0 Å².